The molecule has 0 aliphatic carbocycles. The third-order valence-corrected chi connectivity index (χ3v) is 6.02. The summed E-state index contributed by atoms with van der Waals surface area (Å²) in [5.41, 5.74) is 1.89. The van der Waals surface area contributed by atoms with Gasteiger partial charge >= 0.3 is 11.7 Å². The molecular weight excluding hydrogens is 436 g/mol. The molecule has 7 heteroatoms. The normalized spacial score (nSPS) is 19.1. The lowest BCUT2D eigenvalue weighted by Gasteiger charge is -2.22. The first-order chi connectivity index (χ1) is 13.7. The van der Waals surface area contributed by atoms with Crippen LogP contribution in [-0.2, 0) is 16.9 Å². The lowest BCUT2D eigenvalue weighted by molar-refractivity contribution is -0.131. The van der Waals surface area contributed by atoms with E-state index in [1.54, 1.807) is 19.1 Å². The zero-order valence-electron chi connectivity index (χ0n) is 16.2. The van der Waals surface area contributed by atoms with Crippen molar-refractivity contribution in [3.05, 3.63) is 79.6 Å². The second-order valence-corrected chi connectivity index (χ2v) is 8.35. The summed E-state index contributed by atoms with van der Waals surface area (Å²) in [5.74, 6) is -0.370. The number of imide groups is 1. The number of carbonyl (C=O) groups excluding carboxylic acids is 2. The van der Waals surface area contributed by atoms with Crippen LogP contribution in [0.2, 0.25) is 0 Å². The molecule has 0 radical (unpaired) electrons. The number of halogens is 1. The monoisotopic (exact) mass is 454 g/mol. The Morgan fingerprint density at radius 1 is 1.10 bits per heavy atom. The van der Waals surface area contributed by atoms with Crippen molar-refractivity contribution in [2.75, 3.05) is 0 Å². The quantitative estimate of drug-likeness (QED) is 0.476. The van der Waals surface area contributed by atoms with E-state index in [-0.39, 0.29) is 12.5 Å². The summed E-state index contributed by atoms with van der Waals surface area (Å²) in [7, 11) is 0. The van der Waals surface area contributed by atoms with Gasteiger partial charge in [-0.1, -0.05) is 40.2 Å². The van der Waals surface area contributed by atoms with Crippen molar-refractivity contribution in [1.29, 1.82) is 0 Å². The number of nitrogens with one attached hydrogen (secondary N) is 1. The standard InChI is InChI=1S/C22H19BrN2O4/c1-12-7-8-17-14(9-18(26)29-19(17)13(12)2)11-25-20(27)22(3,24-21(25)28)15-5-4-6-16(23)10-15/h4-10H,11H2,1-3H3,(H,24,28)/t22-/m0/s1. The van der Waals surface area contributed by atoms with Crippen molar-refractivity contribution in [3.63, 3.8) is 0 Å². The Balaban J connectivity index is 1.76. The smallest absolute Gasteiger partial charge is 0.336 e. The molecule has 29 heavy (non-hydrogen) atoms. The number of fused-ring (bicyclic) bond motifs is 1. The van der Waals surface area contributed by atoms with Crippen molar-refractivity contribution < 1.29 is 14.0 Å². The molecule has 2 heterocycles. The van der Waals surface area contributed by atoms with Crippen molar-refractivity contribution in [2.45, 2.75) is 32.9 Å². The van der Waals surface area contributed by atoms with E-state index in [0.29, 0.717) is 22.1 Å². The minimum absolute atomic E-state index is 0.0150. The summed E-state index contributed by atoms with van der Waals surface area (Å²) in [6.07, 6.45) is 0. The Morgan fingerprint density at radius 2 is 1.86 bits per heavy atom. The summed E-state index contributed by atoms with van der Waals surface area (Å²) in [6.45, 7) is 5.48. The highest BCUT2D eigenvalue weighted by Crippen LogP contribution is 2.32. The fraction of sp³-hybridized carbons (Fsp3) is 0.227. The number of aryl methyl sites for hydroxylation is 2. The predicted octanol–water partition coefficient (Wildman–Crippen LogP) is 4.14. The van der Waals surface area contributed by atoms with Crippen molar-refractivity contribution in [2.24, 2.45) is 0 Å². The Kier molecular flexibility index (Phi) is 4.58. The molecule has 1 aromatic heterocycles. The number of benzene rings is 2. The minimum Gasteiger partial charge on any atom is -0.422 e. The van der Waals surface area contributed by atoms with Gasteiger partial charge in [-0.25, -0.2) is 9.59 Å². The van der Waals surface area contributed by atoms with E-state index in [0.717, 1.165) is 20.5 Å². The fourth-order valence-corrected chi connectivity index (χ4v) is 4.06. The van der Waals surface area contributed by atoms with Crippen LogP contribution < -0.4 is 10.9 Å². The van der Waals surface area contributed by atoms with Gasteiger partial charge in [0.05, 0.1) is 6.54 Å². The molecule has 1 atom stereocenters. The van der Waals surface area contributed by atoms with Gasteiger partial charge in [0, 0.05) is 15.9 Å². The van der Waals surface area contributed by atoms with Gasteiger partial charge in [-0.15, -0.1) is 0 Å². The van der Waals surface area contributed by atoms with Crippen molar-refractivity contribution >= 4 is 38.8 Å². The van der Waals surface area contributed by atoms with Gasteiger partial charge < -0.3 is 9.73 Å². The Bertz CT molecular complexity index is 1230. The molecule has 148 valence electrons. The van der Waals surface area contributed by atoms with Crippen molar-refractivity contribution in [3.8, 4) is 0 Å². The van der Waals surface area contributed by atoms with Crippen molar-refractivity contribution in [1.82, 2.24) is 10.2 Å². The maximum absolute atomic E-state index is 13.2. The highest BCUT2D eigenvalue weighted by molar-refractivity contribution is 9.10. The topological polar surface area (TPSA) is 79.6 Å². The number of hydrogen-bond donors (Lipinski definition) is 1. The number of amides is 3. The van der Waals surface area contributed by atoms with E-state index >= 15 is 0 Å². The highest BCUT2D eigenvalue weighted by Gasteiger charge is 2.49. The SMILES string of the molecule is Cc1ccc2c(CN3C(=O)N[C@@](C)(c4cccc(Br)c4)C3=O)cc(=O)oc2c1C. The zero-order valence-corrected chi connectivity index (χ0v) is 17.8. The predicted molar refractivity (Wildman–Crippen MR) is 113 cm³/mol. The number of carbonyl (C=O) groups is 2. The van der Waals surface area contributed by atoms with E-state index in [9.17, 15) is 14.4 Å². The van der Waals surface area contributed by atoms with Gasteiger partial charge in [-0.2, -0.15) is 0 Å². The summed E-state index contributed by atoms with van der Waals surface area (Å²) in [6, 6.07) is 11.9. The van der Waals surface area contributed by atoms with Gasteiger partial charge in [0.1, 0.15) is 11.1 Å². The first-order valence-electron chi connectivity index (χ1n) is 9.14. The minimum atomic E-state index is -1.18. The lowest BCUT2D eigenvalue weighted by Crippen LogP contribution is -2.40. The highest BCUT2D eigenvalue weighted by atomic mass is 79.9. The van der Waals surface area contributed by atoms with Gasteiger partial charge in [0.25, 0.3) is 5.91 Å². The van der Waals surface area contributed by atoms with Crippen LogP contribution in [-0.4, -0.2) is 16.8 Å². The number of hydrogen-bond acceptors (Lipinski definition) is 4. The number of rotatable bonds is 3. The molecule has 1 fully saturated rings. The second kappa shape index (κ2) is 6.84. The molecule has 1 aliphatic rings. The van der Waals surface area contributed by atoms with Gasteiger partial charge in [0.2, 0.25) is 0 Å². The van der Waals surface area contributed by atoms with Crippen LogP contribution in [0.4, 0.5) is 4.79 Å². The summed E-state index contributed by atoms with van der Waals surface area (Å²) >= 11 is 3.40. The largest absolute Gasteiger partial charge is 0.422 e. The summed E-state index contributed by atoms with van der Waals surface area (Å²) in [5, 5.41) is 3.50. The lowest BCUT2D eigenvalue weighted by atomic mass is 9.92. The average Bonchev–Trinajstić information content (AvgIpc) is 2.89. The van der Waals surface area contributed by atoms with Crippen LogP contribution >= 0.6 is 15.9 Å². The van der Waals surface area contributed by atoms with Gasteiger partial charge in [-0.05, 0) is 55.2 Å². The molecule has 1 aliphatic heterocycles. The number of urea groups is 1. The maximum Gasteiger partial charge on any atom is 0.336 e. The van der Waals surface area contributed by atoms with E-state index in [1.165, 1.54) is 6.07 Å². The molecule has 3 aromatic rings. The fourth-order valence-electron chi connectivity index (χ4n) is 3.66. The van der Waals surface area contributed by atoms with E-state index in [1.807, 2.05) is 38.1 Å². The Morgan fingerprint density at radius 3 is 2.59 bits per heavy atom. The first kappa shape index (κ1) is 19.4. The molecule has 6 nitrogen and oxygen atoms in total. The van der Waals surface area contributed by atoms with Crippen LogP contribution in [0.15, 0.2) is 56.1 Å². The van der Waals surface area contributed by atoms with Crippen LogP contribution in [0.3, 0.4) is 0 Å². The molecule has 0 saturated carbocycles. The third kappa shape index (κ3) is 3.15. The molecular formula is C22H19BrN2O4. The maximum atomic E-state index is 13.2. The summed E-state index contributed by atoms with van der Waals surface area (Å²) in [4.78, 5) is 39.2. The molecule has 4 rings (SSSR count). The molecule has 1 N–H and O–H groups in total. The van der Waals surface area contributed by atoms with Crippen LogP contribution in [0, 0.1) is 13.8 Å². The Hall–Kier alpha value is -2.93. The zero-order chi connectivity index (χ0) is 20.9. The van der Waals surface area contributed by atoms with E-state index in [4.69, 9.17) is 4.42 Å². The third-order valence-electron chi connectivity index (χ3n) is 5.52. The van der Waals surface area contributed by atoms with E-state index < -0.39 is 17.2 Å². The van der Waals surface area contributed by atoms with Crippen LogP contribution in [0.25, 0.3) is 11.0 Å². The molecule has 2 aromatic carbocycles. The Labute approximate surface area is 175 Å². The molecule has 1 saturated heterocycles. The van der Waals surface area contributed by atoms with Crippen LogP contribution in [0.1, 0.15) is 29.2 Å². The molecule has 0 unspecified atom stereocenters. The molecule has 3 amide bonds. The summed E-state index contributed by atoms with van der Waals surface area (Å²) < 4.78 is 6.20. The molecule has 0 bridgehead atoms. The average molecular weight is 455 g/mol. The molecule has 0 spiro atoms. The van der Waals surface area contributed by atoms with Gasteiger partial charge in [-0.3, -0.25) is 9.69 Å². The second-order valence-electron chi connectivity index (χ2n) is 7.43. The van der Waals surface area contributed by atoms with E-state index in [2.05, 4.69) is 21.2 Å². The number of nitrogens with zero attached hydrogens (tertiary/aromatic N) is 1. The van der Waals surface area contributed by atoms with Crippen LogP contribution in [0.5, 0.6) is 0 Å². The first-order valence-corrected chi connectivity index (χ1v) is 9.93. The van der Waals surface area contributed by atoms with Gasteiger partial charge in [0.15, 0.2) is 0 Å².